The third-order valence-corrected chi connectivity index (χ3v) is 6.77. The fourth-order valence-electron chi connectivity index (χ4n) is 4.61. The smallest absolute Gasteiger partial charge is 0.273 e. The summed E-state index contributed by atoms with van der Waals surface area (Å²) in [4.78, 5) is 22.7. The average Bonchev–Trinajstić information content (AvgIpc) is 3.63. The molecule has 0 atom stereocenters. The molecule has 40 heavy (non-hydrogen) atoms. The third-order valence-electron chi connectivity index (χ3n) is 6.77. The Hall–Kier alpha value is -4.63. The Balaban J connectivity index is 1.30. The molecule has 0 bridgehead atoms. The molecule has 1 amide bonds. The van der Waals surface area contributed by atoms with Crippen molar-refractivity contribution in [2.24, 2.45) is 0 Å². The molecular formula is C31H31FN4O4. The van der Waals surface area contributed by atoms with Crippen molar-refractivity contribution in [3.8, 4) is 11.5 Å². The number of hydrogen-bond donors (Lipinski definition) is 2. The highest BCUT2D eigenvalue weighted by atomic mass is 19.1. The number of carbonyl (C=O) groups excluding carboxylic acids is 1. The molecule has 8 nitrogen and oxygen atoms in total. The Morgan fingerprint density at radius 1 is 1.02 bits per heavy atom. The summed E-state index contributed by atoms with van der Waals surface area (Å²) in [5.74, 6) is 1.19. The van der Waals surface area contributed by atoms with E-state index in [0.29, 0.717) is 25.5 Å². The first kappa shape index (κ1) is 27.0. The van der Waals surface area contributed by atoms with E-state index >= 15 is 0 Å². The number of amides is 1. The van der Waals surface area contributed by atoms with E-state index in [1.807, 2.05) is 36.5 Å². The Morgan fingerprint density at radius 3 is 2.65 bits per heavy atom. The van der Waals surface area contributed by atoms with Crippen LogP contribution in [0.3, 0.4) is 0 Å². The van der Waals surface area contributed by atoms with Crippen LogP contribution in [0.15, 0.2) is 83.6 Å². The highest BCUT2D eigenvalue weighted by Crippen LogP contribution is 2.27. The van der Waals surface area contributed by atoms with Crippen LogP contribution in [-0.4, -0.2) is 41.5 Å². The summed E-state index contributed by atoms with van der Waals surface area (Å²) < 4.78 is 29.8. The molecule has 0 spiro atoms. The van der Waals surface area contributed by atoms with Crippen LogP contribution >= 0.6 is 0 Å². The van der Waals surface area contributed by atoms with E-state index in [-0.39, 0.29) is 24.0 Å². The van der Waals surface area contributed by atoms with Crippen LogP contribution in [-0.2, 0) is 26.1 Å². The topological polar surface area (TPSA) is 92.6 Å². The van der Waals surface area contributed by atoms with Crippen LogP contribution in [0.4, 0.5) is 4.39 Å². The highest BCUT2D eigenvalue weighted by Gasteiger charge is 2.18. The molecule has 0 unspecified atom stereocenters. The molecule has 0 radical (unpaired) electrons. The van der Waals surface area contributed by atoms with E-state index < -0.39 is 0 Å². The number of carbonyl (C=O) groups is 1. The number of nitrogens with one attached hydrogen (secondary N) is 2. The van der Waals surface area contributed by atoms with Gasteiger partial charge in [0.2, 0.25) is 5.89 Å². The molecular weight excluding hydrogens is 511 g/mol. The van der Waals surface area contributed by atoms with Gasteiger partial charge in [-0.2, -0.15) is 0 Å². The SMILES string of the molecule is COc1ccc(CN(CCc2c[nH]c3ccccc23)Cc2nc(C(=O)NCc3ccc(F)cc3)co2)c(OC)c1. The van der Waals surface area contributed by atoms with Crippen molar-refractivity contribution in [3.63, 3.8) is 0 Å². The van der Waals surface area contributed by atoms with Gasteiger partial charge in [-0.05, 0) is 41.8 Å². The van der Waals surface area contributed by atoms with Crippen molar-refractivity contribution in [2.75, 3.05) is 20.8 Å². The molecule has 0 saturated heterocycles. The van der Waals surface area contributed by atoms with Crippen LogP contribution in [0.1, 0.15) is 33.1 Å². The summed E-state index contributed by atoms with van der Waals surface area (Å²) in [5.41, 5.74) is 4.29. The summed E-state index contributed by atoms with van der Waals surface area (Å²) in [7, 11) is 3.26. The van der Waals surface area contributed by atoms with Gasteiger partial charge < -0.3 is 24.2 Å². The maximum atomic E-state index is 13.1. The predicted molar refractivity (Wildman–Crippen MR) is 150 cm³/mol. The van der Waals surface area contributed by atoms with Gasteiger partial charge in [0.1, 0.15) is 23.6 Å². The zero-order valence-electron chi connectivity index (χ0n) is 22.4. The molecule has 3 aromatic carbocycles. The Morgan fingerprint density at radius 2 is 1.85 bits per heavy atom. The Kier molecular flexibility index (Phi) is 8.41. The minimum absolute atomic E-state index is 0.190. The van der Waals surface area contributed by atoms with Gasteiger partial charge in [0, 0.05) is 48.4 Å². The van der Waals surface area contributed by atoms with Gasteiger partial charge in [-0.1, -0.05) is 36.4 Å². The number of para-hydroxylation sites is 1. The second-order valence-corrected chi connectivity index (χ2v) is 9.43. The summed E-state index contributed by atoms with van der Waals surface area (Å²) in [6, 6.07) is 20.0. The standard InChI is InChI=1S/C31H31FN4O4/c1-38-25-12-9-23(29(15-25)39-2)18-36(14-13-22-17-33-27-6-4-3-5-26(22)27)19-30-35-28(20-40-30)31(37)34-16-21-7-10-24(32)11-8-21/h3-12,15,17,20,33H,13-14,16,18-19H2,1-2H3,(H,34,37). The number of aromatic nitrogens is 2. The van der Waals surface area contributed by atoms with E-state index in [9.17, 15) is 9.18 Å². The fraction of sp³-hybridized carbons (Fsp3) is 0.226. The van der Waals surface area contributed by atoms with Gasteiger partial charge in [0.15, 0.2) is 5.69 Å². The minimum Gasteiger partial charge on any atom is -0.497 e. The maximum Gasteiger partial charge on any atom is 0.273 e. The molecule has 0 saturated carbocycles. The first-order chi connectivity index (χ1) is 19.5. The number of nitrogens with zero attached hydrogens (tertiary/aromatic N) is 2. The number of rotatable bonds is 12. The van der Waals surface area contributed by atoms with Gasteiger partial charge in [0.25, 0.3) is 5.91 Å². The lowest BCUT2D eigenvalue weighted by molar-refractivity contribution is 0.0945. The Bertz CT molecular complexity index is 1580. The van der Waals surface area contributed by atoms with Crippen LogP contribution in [0.5, 0.6) is 11.5 Å². The number of fused-ring (bicyclic) bond motifs is 1. The number of oxazole rings is 1. The maximum absolute atomic E-state index is 13.1. The van der Waals surface area contributed by atoms with Gasteiger partial charge in [-0.3, -0.25) is 9.69 Å². The second-order valence-electron chi connectivity index (χ2n) is 9.43. The number of aromatic amines is 1. The van der Waals surface area contributed by atoms with Crippen LogP contribution in [0.2, 0.25) is 0 Å². The molecule has 5 rings (SSSR count). The molecule has 0 aliphatic heterocycles. The van der Waals surface area contributed by atoms with Crippen molar-refractivity contribution < 1.29 is 23.1 Å². The van der Waals surface area contributed by atoms with E-state index in [1.54, 1.807) is 26.4 Å². The highest BCUT2D eigenvalue weighted by molar-refractivity contribution is 5.91. The molecule has 0 fully saturated rings. The molecule has 2 heterocycles. The van der Waals surface area contributed by atoms with Crippen molar-refractivity contribution in [1.29, 1.82) is 0 Å². The molecule has 0 aliphatic carbocycles. The fourth-order valence-corrected chi connectivity index (χ4v) is 4.61. The van der Waals surface area contributed by atoms with Gasteiger partial charge in [0.05, 0.1) is 20.8 Å². The van der Waals surface area contributed by atoms with Crippen molar-refractivity contribution >= 4 is 16.8 Å². The van der Waals surface area contributed by atoms with E-state index in [0.717, 1.165) is 34.6 Å². The molecule has 2 aromatic heterocycles. The van der Waals surface area contributed by atoms with Gasteiger partial charge in [-0.15, -0.1) is 0 Å². The number of H-pyrrole nitrogens is 1. The molecule has 0 aliphatic rings. The molecule has 5 aromatic rings. The molecule has 9 heteroatoms. The van der Waals surface area contributed by atoms with Crippen molar-refractivity contribution in [1.82, 2.24) is 20.2 Å². The van der Waals surface area contributed by atoms with Gasteiger partial charge in [-0.25, -0.2) is 9.37 Å². The summed E-state index contributed by atoms with van der Waals surface area (Å²) in [6.45, 7) is 1.94. The monoisotopic (exact) mass is 542 g/mol. The van der Waals surface area contributed by atoms with Crippen LogP contribution in [0, 0.1) is 5.82 Å². The zero-order chi connectivity index (χ0) is 27.9. The normalized spacial score (nSPS) is 11.2. The lowest BCUT2D eigenvalue weighted by Crippen LogP contribution is -2.26. The van der Waals surface area contributed by atoms with Crippen molar-refractivity contribution in [3.05, 3.63) is 113 Å². The average molecular weight is 543 g/mol. The van der Waals surface area contributed by atoms with Crippen LogP contribution in [0.25, 0.3) is 10.9 Å². The van der Waals surface area contributed by atoms with E-state index in [4.69, 9.17) is 13.9 Å². The second kappa shape index (κ2) is 12.5. The quantitative estimate of drug-likeness (QED) is 0.217. The van der Waals surface area contributed by atoms with Crippen LogP contribution < -0.4 is 14.8 Å². The number of methoxy groups -OCH3 is 2. The number of benzene rings is 3. The summed E-state index contributed by atoms with van der Waals surface area (Å²) in [6.07, 6.45) is 4.21. The van der Waals surface area contributed by atoms with E-state index in [1.165, 1.54) is 29.3 Å². The first-order valence-corrected chi connectivity index (χ1v) is 13.0. The number of halogens is 1. The first-order valence-electron chi connectivity index (χ1n) is 13.0. The van der Waals surface area contributed by atoms with E-state index in [2.05, 4.69) is 32.3 Å². The third kappa shape index (κ3) is 6.50. The lowest BCUT2D eigenvalue weighted by Gasteiger charge is -2.22. The summed E-state index contributed by atoms with van der Waals surface area (Å²) >= 11 is 0. The largest absolute Gasteiger partial charge is 0.497 e. The summed E-state index contributed by atoms with van der Waals surface area (Å²) in [5, 5.41) is 3.99. The van der Waals surface area contributed by atoms with Gasteiger partial charge >= 0.3 is 0 Å². The predicted octanol–water partition coefficient (Wildman–Crippen LogP) is 5.49. The minimum atomic E-state index is -0.360. The Labute approximate surface area is 231 Å². The van der Waals surface area contributed by atoms with Crippen molar-refractivity contribution in [2.45, 2.75) is 26.1 Å². The molecule has 206 valence electrons. The number of hydrogen-bond acceptors (Lipinski definition) is 6. The molecule has 2 N–H and O–H groups in total. The zero-order valence-corrected chi connectivity index (χ0v) is 22.4. The lowest BCUT2D eigenvalue weighted by atomic mass is 10.1. The number of ether oxygens (including phenoxy) is 2.